The van der Waals surface area contributed by atoms with Crippen molar-refractivity contribution in [1.82, 2.24) is 0 Å². The SMILES string of the molecule is CC(=O)c1ccc2c(c1)CC1=C(CC(C)(C)CC1=O)O2. The number of fused-ring (bicyclic) bond motifs is 1. The summed E-state index contributed by atoms with van der Waals surface area (Å²) in [6, 6.07) is 5.46. The lowest BCUT2D eigenvalue weighted by molar-refractivity contribution is -0.118. The fourth-order valence-electron chi connectivity index (χ4n) is 2.95. The monoisotopic (exact) mass is 270 g/mol. The number of carbonyl (C=O) groups is 2. The van der Waals surface area contributed by atoms with Crippen LogP contribution < -0.4 is 4.74 Å². The molecule has 3 heteroatoms. The van der Waals surface area contributed by atoms with Gasteiger partial charge in [-0.2, -0.15) is 0 Å². The van der Waals surface area contributed by atoms with E-state index in [2.05, 4.69) is 13.8 Å². The molecule has 1 heterocycles. The number of Topliss-reactive ketones (excluding diaryl/α,β-unsaturated/α-hetero) is 2. The maximum atomic E-state index is 12.3. The first-order chi connectivity index (χ1) is 9.35. The highest BCUT2D eigenvalue weighted by Gasteiger charge is 2.36. The van der Waals surface area contributed by atoms with Crippen molar-refractivity contribution in [2.24, 2.45) is 5.41 Å². The molecule has 0 radical (unpaired) electrons. The summed E-state index contributed by atoms with van der Waals surface area (Å²) >= 11 is 0. The molecule has 0 spiro atoms. The van der Waals surface area contributed by atoms with Crippen LogP contribution in [0.1, 0.15) is 49.5 Å². The van der Waals surface area contributed by atoms with Crippen LogP contribution in [0.15, 0.2) is 29.5 Å². The van der Waals surface area contributed by atoms with Crippen molar-refractivity contribution in [1.29, 1.82) is 0 Å². The number of ether oxygens (including phenoxy) is 1. The van der Waals surface area contributed by atoms with Gasteiger partial charge in [0.05, 0.1) is 0 Å². The Balaban J connectivity index is 1.99. The number of hydrogen-bond acceptors (Lipinski definition) is 3. The number of allylic oxidation sites excluding steroid dienone is 2. The zero-order chi connectivity index (χ0) is 14.5. The Bertz CT molecular complexity index is 650. The summed E-state index contributed by atoms with van der Waals surface area (Å²) in [6.07, 6.45) is 1.94. The molecular weight excluding hydrogens is 252 g/mol. The van der Waals surface area contributed by atoms with E-state index in [9.17, 15) is 9.59 Å². The van der Waals surface area contributed by atoms with E-state index in [-0.39, 0.29) is 17.0 Å². The van der Waals surface area contributed by atoms with Crippen molar-refractivity contribution in [2.45, 2.75) is 40.0 Å². The predicted molar refractivity (Wildman–Crippen MR) is 75.8 cm³/mol. The summed E-state index contributed by atoms with van der Waals surface area (Å²) in [5.74, 6) is 1.80. The Morgan fingerprint density at radius 2 is 2.00 bits per heavy atom. The van der Waals surface area contributed by atoms with Crippen molar-refractivity contribution in [3.8, 4) is 5.75 Å². The minimum atomic E-state index is -0.0350. The molecule has 20 heavy (non-hydrogen) atoms. The van der Waals surface area contributed by atoms with E-state index in [1.807, 2.05) is 12.1 Å². The average Bonchev–Trinajstić information content (AvgIpc) is 2.35. The van der Waals surface area contributed by atoms with E-state index < -0.39 is 0 Å². The molecule has 1 aliphatic heterocycles. The molecule has 0 atom stereocenters. The van der Waals surface area contributed by atoms with Gasteiger partial charge in [0.1, 0.15) is 11.5 Å². The second-order valence-corrected chi connectivity index (χ2v) is 6.50. The zero-order valence-corrected chi connectivity index (χ0v) is 12.1. The number of benzene rings is 1. The van der Waals surface area contributed by atoms with Gasteiger partial charge in [0.15, 0.2) is 11.6 Å². The predicted octanol–water partition coefficient (Wildman–Crippen LogP) is 3.47. The van der Waals surface area contributed by atoms with Gasteiger partial charge in [0.2, 0.25) is 0 Å². The first-order valence-corrected chi connectivity index (χ1v) is 6.93. The number of rotatable bonds is 1. The molecule has 1 aliphatic carbocycles. The summed E-state index contributed by atoms with van der Waals surface area (Å²) in [6.45, 7) is 5.73. The Morgan fingerprint density at radius 1 is 1.25 bits per heavy atom. The zero-order valence-electron chi connectivity index (χ0n) is 12.1. The Hall–Kier alpha value is -1.90. The van der Waals surface area contributed by atoms with Crippen LogP contribution in [-0.2, 0) is 11.2 Å². The number of ketones is 2. The highest BCUT2D eigenvalue weighted by Crippen LogP contribution is 2.42. The molecule has 0 saturated heterocycles. The largest absolute Gasteiger partial charge is 0.461 e. The Labute approximate surface area is 118 Å². The van der Waals surface area contributed by atoms with Gasteiger partial charge >= 0.3 is 0 Å². The van der Waals surface area contributed by atoms with Crippen LogP contribution in [0.4, 0.5) is 0 Å². The lowest BCUT2D eigenvalue weighted by Crippen LogP contribution is -2.30. The van der Waals surface area contributed by atoms with Crippen molar-refractivity contribution < 1.29 is 14.3 Å². The third-order valence-electron chi connectivity index (χ3n) is 4.02. The van der Waals surface area contributed by atoms with Crippen molar-refractivity contribution in [3.63, 3.8) is 0 Å². The molecule has 1 aromatic rings. The van der Waals surface area contributed by atoms with Crippen molar-refractivity contribution >= 4 is 11.6 Å². The minimum absolute atomic E-state index is 0.0312. The molecule has 0 unspecified atom stereocenters. The average molecular weight is 270 g/mol. The van der Waals surface area contributed by atoms with Crippen LogP contribution in [0, 0.1) is 5.41 Å². The van der Waals surface area contributed by atoms with Gasteiger partial charge in [0.25, 0.3) is 0 Å². The van der Waals surface area contributed by atoms with E-state index >= 15 is 0 Å². The van der Waals surface area contributed by atoms with Crippen molar-refractivity contribution in [3.05, 3.63) is 40.7 Å². The van der Waals surface area contributed by atoms with Crippen LogP contribution in [0.3, 0.4) is 0 Å². The van der Waals surface area contributed by atoms with Crippen molar-refractivity contribution in [2.75, 3.05) is 0 Å². The Kier molecular flexibility index (Phi) is 2.82. The Morgan fingerprint density at radius 3 is 2.70 bits per heavy atom. The van der Waals surface area contributed by atoms with Crippen LogP contribution in [-0.4, -0.2) is 11.6 Å². The van der Waals surface area contributed by atoms with E-state index in [1.165, 1.54) is 0 Å². The molecule has 104 valence electrons. The van der Waals surface area contributed by atoms with Gasteiger partial charge < -0.3 is 4.74 Å². The summed E-state index contributed by atoms with van der Waals surface area (Å²) in [7, 11) is 0. The second kappa shape index (κ2) is 4.30. The quantitative estimate of drug-likeness (QED) is 0.734. The topological polar surface area (TPSA) is 43.4 Å². The smallest absolute Gasteiger partial charge is 0.163 e. The number of hydrogen-bond donors (Lipinski definition) is 0. The minimum Gasteiger partial charge on any atom is -0.461 e. The van der Waals surface area contributed by atoms with Gasteiger partial charge in [0, 0.05) is 36.0 Å². The highest BCUT2D eigenvalue weighted by molar-refractivity contribution is 5.98. The molecule has 0 amide bonds. The third kappa shape index (κ3) is 2.17. The maximum Gasteiger partial charge on any atom is 0.163 e. The summed E-state index contributed by atoms with van der Waals surface area (Å²) in [5, 5.41) is 0. The summed E-state index contributed by atoms with van der Waals surface area (Å²) in [5.41, 5.74) is 2.36. The van der Waals surface area contributed by atoms with Gasteiger partial charge in [-0.3, -0.25) is 9.59 Å². The molecule has 0 bridgehead atoms. The molecule has 1 aromatic carbocycles. The van der Waals surface area contributed by atoms with Crippen LogP contribution in [0.25, 0.3) is 0 Å². The normalized spacial score (nSPS) is 20.1. The van der Waals surface area contributed by atoms with E-state index in [4.69, 9.17) is 4.74 Å². The number of carbonyl (C=O) groups excluding carboxylic acids is 2. The maximum absolute atomic E-state index is 12.3. The van der Waals surface area contributed by atoms with Gasteiger partial charge in [-0.25, -0.2) is 0 Å². The molecule has 3 nitrogen and oxygen atoms in total. The van der Waals surface area contributed by atoms with Crippen LogP contribution >= 0.6 is 0 Å². The fraction of sp³-hybridized carbons (Fsp3) is 0.412. The third-order valence-corrected chi connectivity index (χ3v) is 4.02. The molecule has 0 fully saturated rings. The lowest BCUT2D eigenvalue weighted by Gasteiger charge is -2.34. The van der Waals surface area contributed by atoms with Crippen LogP contribution in [0.2, 0.25) is 0 Å². The molecule has 0 N–H and O–H groups in total. The summed E-state index contributed by atoms with van der Waals surface area (Å²) in [4.78, 5) is 23.7. The highest BCUT2D eigenvalue weighted by atomic mass is 16.5. The first kappa shape index (κ1) is 13.1. The van der Waals surface area contributed by atoms with Gasteiger partial charge in [-0.1, -0.05) is 13.8 Å². The van der Waals surface area contributed by atoms with Crippen LogP contribution in [0.5, 0.6) is 5.75 Å². The molecule has 0 aromatic heterocycles. The molecule has 3 rings (SSSR count). The van der Waals surface area contributed by atoms with E-state index in [0.29, 0.717) is 18.4 Å². The molecule has 2 aliphatic rings. The fourth-order valence-corrected chi connectivity index (χ4v) is 2.95. The standard InChI is InChI=1S/C17H18O3/c1-10(18)11-4-5-15-12(6-11)7-13-14(19)8-17(2,3)9-16(13)20-15/h4-6H,7-9H2,1-3H3. The van der Waals surface area contributed by atoms with E-state index in [1.54, 1.807) is 13.0 Å². The van der Waals surface area contributed by atoms with Gasteiger partial charge in [-0.15, -0.1) is 0 Å². The second-order valence-electron chi connectivity index (χ2n) is 6.50. The van der Waals surface area contributed by atoms with Gasteiger partial charge in [-0.05, 0) is 30.5 Å². The molecular formula is C17H18O3. The van der Waals surface area contributed by atoms with E-state index in [0.717, 1.165) is 29.1 Å². The summed E-state index contributed by atoms with van der Waals surface area (Å²) < 4.78 is 5.92. The lowest BCUT2D eigenvalue weighted by atomic mass is 9.74. The first-order valence-electron chi connectivity index (χ1n) is 6.93. The molecule has 0 saturated carbocycles.